The maximum Gasteiger partial charge on any atom is 0.329 e. The molecule has 10 heteroatoms. The number of alkyl halides is 3. The molecule has 2 aromatic heterocycles. The average molecular weight is 505 g/mol. The Hall–Kier alpha value is -2.14. The summed E-state index contributed by atoms with van der Waals surface area (Å²) in [6.07, 6.45) is 2.79. The molecule has 0 unspecified atom stereocenters. The predicted octanol–water partition coefficient (Wildman–Crippen LogP) is 3.81. The lowest BCUT2D eigenvalue weighted by Gasteiger charge is -2.10. The Morgan fingerprint density at radius 1 is 1.19 bits per heavy atom. The number of hydrogen-bond acceptors (Lipinski definition) is 5. The summed E-state index contributed by atoms with van der Waals surface area (Å²) in [5.41, 5.74) is 1.53. The van der Waals surface area contributed by atoms with Crippen LogP contribution in [-0.4, -0.2) is 30.3 Å². The first-order valence-electron chi connectivity index (χ1n) is 7.65. The number of nitrogens with zero attached hydrogens (tertiary/aromatic N) is 4. The number of ether oxygens (including phenoxy) is 1. The molecule has 3 rings (SSSR count). The normalized spacial score (nSPS) is 11.4. The van der Waals surface area contributed by atoms with E-state index >= 15 is 0 Å². The molecule has 1 aromatic carbocycles. The maximum atomic E-state index is 12.8. The number of hydrogen-bond donors (Lipinski definition) is 0. The van der Waals surface area contributed by atoms with Crippen molar-refractivity contribution in [2.75, 3.05) is 6.61 Å². The summed E-state index contributed by atoms with van der Waals surface area (Å²) in [6.45, 7) is -0.574. The van der Waals surface area contributed by atoms with Crippen molar-refractivity contribution in [3.63, 3.8) is 0 Å². The van der Waals surface area contributed by atoms with Gasteiger partial charge in [-0.15, -0.1) is 0 Å². The summed E-state index contributed by atoms with van der Waals surface area (Å²) in [5, 5.41) is 4.87. The van der Waals surface area contributed by atoms with E-state index in [9.17, 15) is 13.6 Å². The topological polar surface area (TPSA) is 69.9 Å². The van der Waals surface area contributed by atoms with Crippen LogP contribution in [0.2, 0.25) is 5.02 Å². The highest BCUT2D eigenvalue weighted by molar-refractivity contribution is 14.1. The molecule has 0 saturated carbocycles. The van der Waals surface area contributed by atoms with Crippen molar-refractivity contribution in [1.29, 1.82) is 0 Å². The molecule has 0 spiro atoms. The number of benzene rings is 1. The zero-order valence-electron chi connectivity index (χ0n) is 13.7. The van der Waals surface area contributed by atoms with E-state index in [1.165, 1.54) is 29.2 Å². The van der Waals surface area contributed by atoms with E-state index in [1.54, 1.807) is 18.2 Å². The highest BCUT2D eigenvalue weighted by Crippen LogP contribution is 2.23. The van der Waals surface area contributed by atoms with Crippen molar-refractivity contribution >= 4 is 34.2 Å². The average Bonchev–Trinajstić information content (AvgIpc) is 2.62. The quantitative estimate of drug-likeness (QED) is 0.377. The smallest absolute Gasteiger partial charge is 0.329 e. The lowest BCUT2D eigenvalue weighted by Crippen LogP contribution is -2.22. The van der Waals surface area contributed by atoms with Crippen molar-refractivity contribution in [2.24, 2.45) is 0 Å². The molecular weight excluding hydrogens is 493 g/mol. The Bertz CT molecular complexity index is 993. The third-order valence-corrected chi connectivity index (χ3v) is 3.92. The van der Waals surface area contributed by atoms with Gasteiger partial charge >= 0.3 is 9.94 Å². The maximum absolute atomic E-state index is 12.8. The van der Waals surface area contributed by atoms with Crippen LogP contribution in [0.1, 0.15) is 5.56 Å². The van der Waals surface area contributed by atoms with E-state index in [-0.39, 0.29) is 18.1 Å². The molecule has 6 nitrogen and oxygen atoms in total. The lowest BCUT2D eigenvalue weighted by molar-refractivity contribution is 0.0603. The van der Waals surface area contributed by atoms with Crippen LogP contribution >= 0.6 is 34.2 Å². The van der Waals surface area contributed by atoms with E-state index in [1.807, 2.05) is 6.07 Å². The fraction of sp³-hybridized carbons (Fsp3) is 0.176. The minimum absolute atomic E-state index is 0.165. The minimum Gasteiger partial charge on any atom is -0.456 e. The van der Waals surface area contributed by atoms with Gasteiger partial charge in [-0.1, -0.05) is 23.7 Å². The van der Waals surface area contributed by atoms with Crippen molar-refractivity contribution in [3.8, 4) is 17.3 Å². The molecule has 2 heterocycles. The molecule has 3 aromatic rings. The van der Waals surface area contributed by atoms with Crippen molar-refractivity contribution in [2.45, 2.75) is 10.5 Å². The first-order valence-corrected chi connectivity index (χ1v) is 9.10. The zero-order valence-corrected chi connectivity index (χ0v) is 16.6. The molecule has 140 valence electrons. The minimum atomic E-state index is -3.00. The zero-order chi connectivity index (χ0) is 19.4. The summed E-state index contributed by atoms with van der Waals surface area (Å²) in [5.74, 6) is 0. The van der Waals surface area contributed by atoms with Crippen LogP contribution in [0.5, 0.6) is 6.01 Å². The van der Waals surface area contributed by atoms with Gasteiger partial charge in [-0.05, 0) is 23.8 Å². The van der Waals surface area contributed by atoms with Gasteiger partial charge in [-0.25, -0.2) is 14.6 Å². The van der Waals surface area contributed by atoms with Crippen LogP contribution in [-0.2, 0) is 6.54 Å². The monoisotopic (exact) mass is 504 g/mol. The van der Waals surface area contributed by atoms with Gasteiger partial charge in [0.25, 0.3) is 5.56 Å². The van der Waals surface area contributed by atoms with Gasteiger partial charge in [0, 0.05) is 51.6 Å². The second kappa shape index (κ2) is 8.26. The second-order valence-corrected chi connectivity index (χ2v) is 7.52. The molecule has 0 aliphatic carbocycles. The number of rotatable bonds is 6. The van der Waals surface area contributed by atoms with E-state index in [4.69, 9.17) is 16.3 Å². The highest BCUT2D eigenvalue weighted by Gasteiger charge is 2.25. The standard InChI is InChI=1S/C17H12ClF2IN4O2/c18-13-3-1-2-11(6-13)9-25-15(26)5-4-14(24-25)12-7-22-16(23-8-12)27-10-17(19,20)21/h1-8H,9-10H2. The highest BCUT2D eigenvalue weighted by atomic mass is 127. The molecule has 0 aliphatic heterocycles. The largest absolute Gasteiger partial charge is 0.456 e. The van der Waals surface area contributed by atoms with Gasteiger partial charge in [0.2, 0.25) is 0 Å². The third-order valence-electron chi connectivity index (χ3n) is 3.38. The second-order valence-electron chi connectivity index (χ2n) is 5.50. The van der Waals surface area contributed by atoms with Crippen molar-refractivity contribution in [1.82, 2.24) is 19.7 Å². The summed E-state index contributed by atoms with van der Waals surface area (Å²) in [6, 6.07) is 9.88. The fourth-order valence-electron chi connectivity index (χ4n) is 2.19. The Balaban J connectivity index is 1.80. The molecule has 0 fully saturated rings. The Morgan fingerprint density at radius 3 is 2.59 bits per heavy atom. The van der Waals surface area contributed by atoms with Crippen LogP contribution in [0, 0.1) is 0 Å². The molecule has 0 saturated heterocycles. The molecular formula is C17H12ClF2IN4O2. The molecule has 0 atom stereocenters. The Morgan fingerprint density at radius 2 is 1.93 bits per heavy atom. The summed E-state index contributed by atoms with van der Waals surface area (Å²) in [7, 11) is 0. The van der Waals surface area contributed by atoms with Gasteiger partial charge in [-0.3, -0.25) is 4.79 Å². The van der Waals surface area contributed by atoms with Gasteiger partial charge < -0.3 is 4.74 Å². The van der Waals surface area contributed by atoms with E-state index in [0.717, 1.165) is 28.2 Å². The van der Waals surface area contributed by atoms with Gasteiger partial charge in [0.15, 0.2) is 6.61 Å². The number of halogens is 4. The summed E-state index contributed by atoms with van der Waals surface area (Å²) < 4.78 is 28.7. The van der Waals surface area contributed by atoms with E-state index in [0.29, 0.717) is 16.3 Å². The molecule has 27 heavy (non-hydrogen) atoms. The molecule has 0 aliphatic rings. The Labute approximate surface area is 171 Å². The van der Waals surface area contributed by atoms with Gasteiger partial charge in [0.1, 0.15) is 0 Å². The molecule has 0 bridgehead atoms. The van der Waals surface area contributed by atoms with E-state index in [2.05, 4.69) is 15.1 Å². The Kier molecular flexibility index (Phi) is 6.00. The van der Waals surface area contributed by atoms with Crippen LogP contribution in [0.15, 0.2) is 53.6 Å². The van der Waals surface area contributed by atoms with Gasteiger partial charge in [0.05, 0.1) is 12.2 Å². The first kappa shape index (κ1) is 19.6. The SMILES string of the molecule is O=c1ccc(-c2cnc(OCC(F)(F)I)nc2)nn1Cc1cccc(Cl)c1. The van der Waals surface area contributed by atoms with Crippen molar-refractivity contribution < 1.29 is 13.5 Å². The molecule has 0 amide bonds. The number of aromatic nitrogens is 4. The van der Waals surface area contributed by atoms with Gasteiger partial charge in [-0.2, -0.15) is 13.9 Å². The fourth-order valence-corrected chi connectivity index (χ4v) is 2.56. The first-order chi connectivity index (χ1) is 12.8. The van der Waals surface area contributed by atoms with Crippen LogP contribution in [0.25, 0.3) is 11.3 Å². The summed E-state index contributed by atoms with van der Waals surface area (Å²) >= 11 is 6.94. The van der Waals surface area contributed by atoms with Crippen LogP contribution < -0.4 is 10.3 Å². The van der Waals surface area contributed by atoms with Crippen LogP contribution in [0.3, 0.4) is 0 Å². The summed E-state index contributed by atoms with van der Waals surface area (Å²) in [4.78, 5) is 19.9. The third kappa shape index (κ3) is 5.67. The molecule has 0 radical (unpaired) electrons. The lowest BCUT2D eigenvalue weighted by atomic mass is 10.2. The van der Waals surface area contributed by atoms with Crippen LogP contribution in [0.4, 0.5) is 8.78 Å². The molecule has 0 N–H and O–H groups in total. The van der Waals surface area contributed by atoms with Crippen molar-refractivity contribution in [3.05, 3.63) is 69.7 Å². The predicted molar refractivity (Wildman–Crippen MR) is 105 cm³/mol. The van der Waals surface area contributed by atoms with E-state index < -0.39 is 10.5 Å².